The molecule has 0 aromatic carbocycles. The number of fused-ring (bicyclic) bond motifs is 2. The Bertz CT molecular complexity index is 289. The highest BCUT2D eigenvalue weighted by Gasteiger charge is 2.59. The monoisotopic (exact) mass is 328 g/mol. The minimum absolute atomic E-state index is 0.474. The topological polar surface area (TPSA) is 0 Å². The van der Waals surface area contributed by atoms with E-state index in [2.05, 4.69) is 13.8 Å². The summed E-state index contributed by atoms with van der Waals surface area (Å²) in [6.45, 7) is 4.39. The van der Waals surface area contributed by atoms with Crippen molar-refractivity contribution in [3.05, 3.63) is 11.1 Å². The van der Waals surface area contributed by atoms with Crippen molar-refractivity contribution < 1.29 is 0 Å². The van der Waals surface area contributed by atoms with Gasteiger partial charge in [-0.15, -0.1) is 46.4 Å². The number of halogens is 4. The van der Waals surface area contributed by atoms with Crippen LogP contribution in [0.4, 0.5) is 0 Å². The van der Waals surface area contributed by atoms with Crippen LogP contribution in [-0.4, -0.2) is 23.5 Å². The Morgan fingerprint density at radius 2 is 1.00 bits per heavy atom. The van der Waals surface area contributed by atoms with Crippen molar-refractivity contribution >= 4 is 46.4 Å². The highest BCUT2D eigenvalue weighted by Crippen LogP contribution is 2.63. The minimum Gasteiger partial charge on any atom is -0.126 e. The molecule has 2 aliphatic rings. The van der Waals surface area contributed by atoms with Crippen LogP contribution in [0.2, 0.25) is 0 Å². The largest absolute Gasteiger partial charge is 0.126 e. The van der Waals surface area contributed by atoms with Crippen LogP contribution >= 0.6 is 46.4 Å². The van der Waals surface area contributed by atoms with Crippen molar-refractivity contribution in [1.29, 1.82) is 0 Å². The van der Waals surface area contributed by atoms with E-state index >= 15 is 0 Å². The molecule has 0 spiro atoms. The summed E-state index contributed by atoms with van der Waals surface area (Å²) in [7, 11) is 0. The smallest absolute Gasteiger partial charge is 0.0260 e. The molecule has 0 heterocycles. The Kier molecular flexibility index (Phi) is 5.20. The van der Waals surface area contributed by atoms with Crippen LogP contribution in [0.3, 0.4) is 0 Å². The SMILES string of the molecule is CC(C)=C1C2[C@@H](CCl)[C@@H](CCl)C1[C@@H](CCl)[C@H]2CCl. The Morgan fingerprint density at radius 3 is 1.17 bits per heavy atom. The van der Waals surface area contributed by atoms with Gasteiger partial charge in [0.25, 0.3) is 0 Å². The van der Waals surface area contributed by atoms with Crippen molar-refractivity contribution in [3.63, 3.8) is 0 Å². The zero-order valence-electron chi connectivity index (χ0n) is 10.8. The summed E-state index contributed by atoms with van der Waals surface area (Å²) < 4.78 is 0. The standard InChI is InChI=1S/C14H20Cl4/c1-7(2)12-13-8(3-15)9(4-16)14(12)11(6-18)10(13)5-17/h8-11,13-14H,3-6H2,1-2H3/t8-,9+,10+,11-,13?,14?. The van der Waals surface area contributed by atoms with Gasteiger partial charge in [0, 0.05) is 23.5 Å². The zero-order chi connectivity index (χ0) is 13.4. The van der Waals surface area contributed by atoms with E-state index in [1.54, 1.807) is 5.57 Å². The van der Waals surface area contributed by atoms with Crippen LogP contribution < -0.4 is 0 Å². The maximum atomic E-state index is 6.20. The first kappa shape index (κ1) is 15.3. The molecule has 0 aliphatic heterocycles. The summed E-state index contributed by atoms with van der Waals surface area (Å²) in [5, 5.41) is 0. The third kappa shape index (κ3) is 2.12. The van der Waals surface area contributed by atoms with Gasteiger partial charge < -0.3 is 0 Å². The van der Waals surface area contributed by atoms with Gasteiger partial charge in [-0.05, 0) is 49.4 Å². The molecule has 2 aliphatic carbocycles. The van der Waals surface area contributed by atoms with Gasteiger partial charge in [0.1, 0.15) is 0 Å². The van der Waals surface area contributed by atoms with Gasteiger partial charge in [-0.3, -0.25) is 0 Å². The van der Waals surface area contributed by atoms with Crippen LogP contribution in [0, 0.1) is 35.5 Å². The molecule has 6 atom stereocenters. The molecule has 2 bridgehead atoms. The average Bonchev–Trinajstić information content (AvgIpc) is 2.86. The Labute approximate surface area is 130 Å². The van der Waals surface area contributed by atoms with Crippen LogP contribution in [0.25, 0.3) is 0 Å². The van der Waals surface area contributed by atoms with Crippen molar-refractivity contribution in [2.45, 2.75) is 13.8 Å². The van der Waals surface area contributed by atoms with Gasteiger partial charge in [-0.2, -0.15) is 0 Å². The molecule has 0 radical (unpaired) electrons. The predicted molar refractivity (Wildman–Crippen MR) is 82.2 cm³/mol. The molecule has 0 N–H and O–H groups in total. The lowest BCUT2D eigenvalue weighted by molar-refractivity contribution is 0.148. The second-order valence-corrected chi connectivity index (χ2v) is 7.01. The molecule has 2 fully saturated rings. The van der Waals surface area contributed by atoms with E-state index in [4.69, 9.17) is 46.4 Å². The molecule has 4 heteroatoms. The lowest BCUT2D eigenvalue weighted by Gasteiger charge is -2.37. The van der Waals surface area contributed by atoms with E-state index in [0.717, 1.165) is 0 Å². The van der Waals surface area contributed by atoms with E-state index in [1.165, 1.54) is 5.57 Å². The normalized spacial score (nSPS) is 42.7. The summed E-state index contributed by atoms with van der Waals surface area (Å²) in [5.74, 6) is 5.62. The van der Waals surface area contributed by atoms with Crippen molar-refractivity contribution in [1.82, 2.24) is 0 Å². The molecule has 18 heavy (non-hydrogen) atoms. The third-order valence-corrected chi connectivity index (χ3v) is 6.38. The Balaban J connectivity index is 2.46. The summed E-state index contributed by atoms with van der Waals surface area (Å²) >= 11 is 24.8. The molecular formula is C14H20Cl4. The molecule has 0 saturated heterocycles. The maximum absolute atomic E-state index is 6.20. The van der Waals surface area contributed by atoms with Crippen LogP contribution in [0.15, 0.2) is 11.1 Å². The lowest BCUT2D eigenvalue weighted by atomic mass is 9.70. The van der Waals surface area contributed by atoms with Gasteiger partial charge in [0.15, 0.2) is 0 Å². The molecule has 104 valence electrons. The average molecular weight is 330 g/mol. The quantitative estimate of drug-likeness (QED) is 0.502. The summed E-state index contributed by atoms with van der Waals surface area (Å²) in [6.07, 6.45) is 0. The second-order valence-electron chi connectivity index (χ2n) is 5.78. The molecule has 0 amide bonds. The second kappa shape index (κ2) is 6.12. The van der Waals surface area contributed by atoms with Gasteiger partial charge in [0.2, 0.25) is 0 Å². The van der Waals surface area contributed by atoms with Crippen molar-refractivity contribution in [3.8, 4) is 0 Å². The number of alkyl halides is 4. The first-order chi connectivity index (χ1) is 8.62. The Morgan fingerprint density at radius 1 is 0.722 bits per heavy atom. The van der Waals surface area contributed by atoms with Crippen LogP contribution in [-0.2, 0) is 0 Å². The molecule has 2 rings (SSSR count). The fraction of sp³-hybridized carbons (Fsp3) is 0.857. The van der Waals surface area contributed by atoms with Crippen molar-refractivity contribution in [2.75, 3.05) is 23.5 Å². The fourth-order valence-electron chi connectivity index (χ4n) is 4.35. The Hall–Kier alpha value is 0.900. The fourth-order valence-corrected chi connectivity index (χ4v) is 6.04. The van der Waals surface area contributed by atoms with E-state index < -0.39 is 0 Å². The van der Waals surface area contributed by atoms with Crippen LogP contribution in [0.1, 0.15) is 13.8 Å². The van der Waals surface area contributed by atoms with E-state index in [9.17, 15) is 0 Å². The molecule has 0 nitrogen and oxygen atoms in total. The van der Waals surface area contributed by atoms with E-state index in [-0.39, 0.29) is 0 Å². The van der Waals surface area contributed by atoms with E-state index in [0.29, 0.717) is 59.0 Å². The molecule has 2 saturated carbocycles. The molecule has 2 unspecified atom stereocenters. The first-order valence-electron chi connectivity index (χ1n) is 6.53. The highest BCUT2D eigenvalue weighted by molar-refractivity contribution is 6.20. The number of hydrogen-bond donors (Lipinski definition) is 0. The number of hydrogen-bond acceptors (Lipinski definition) is 0. The third-order valence-electron chi connectivity index (χ3n) is 4.95. The number of allylic oxidation sites excluding steroid dienone is 2. The summed E-state index contributed by atoms with van der Waals surface area (Å²) in [6, 6.07) is 0. The van der Waals surface area contributed by atoms with E-state index in [1.807, 2.05) is 0 Å². The van der Waals surface area contributed by atoms with Gasteiger partial charge in [-0.1, -0.05) is 11.1 Å². The van der Waals surface area contributed by atoms with Gasteiger partial charge >= 0.3 is 0 Å². The minimum atomic E-state index is 0.474. The molecular weight excluding hydrogens is 310 g/mol. The van der Waals surface area contributed by atoms with Crippen molar-refractivity contribution in [2.24, 2.45) is 35.5 Å². The number of rotatable bonds is 4. The van der Waals surface area contributed by atoms with Crippen LogP contribution in [0.5, 0.6) is 0 Å². The molecule has 0 aromatic heterocycles. The lowest BCUT2D eigenvalue weighted by Crippen LogP contribution is -2.38. The maximum Gasteiger partial charge on any atom is 0.0260 e. The summed E-state index contributed by atoms with van der Waals surface area (Å²) in [4.78, 5) is 0. The van der Waals surface area contributed by atoms with Gasteiger partial charge in [0.05, 0.1) is 0 Å². The van der Waals surface area contributed by atoms with Gasteiger partial charge in [-0.25, -0.2) is 0 Å². The predicted octanol–water partition coefficient (Wildman–Crippen LogP) is 5.00. The zero-order valence-corrected chi connectivity index (χ0v) is 13.8. The highest BCUT2D eigenvalue weighted by atomic mass is 35.5. The first-order valence-corrected chi connectivity index (χ1v) is 8.67. The molecule has 0 aromatic rings. The summed E-state index contributed by atoms with van der Waals surface area (Å²) in [5.41, 5.74) is 2.97.